The summed E-state index contributed by atoms with van der Waals surface area (Å²) in [6.45, 7) is 3.63. The van der Waals surface area contributed by atoms with E-state index in [0.717, 1.165) is 31.5 Å². The van der Waals surface area contributed by atoms with Gasteiger partial charge in [-0.05, 0) is 37.6 Å². The third-order valence-electron chi connectivity index (χ3n) is 5.29. The Morgan fingerprint density at radius 1 is 1.20 bits per heavy atom. The van der Waals surface area contributed by atoms with E-state index in [1.807, 2.05) is 29.2 Å². The summed E-state index contributed by atoms with van der Waals surface area (Å²) >= 11 is 0. The zero-order chi connectivity index (χ0) is 17.8. The zero-order valence-corrected chi connectivity index (χ0v) is 15.0. The molecule has 0 spiro atoms. The van der Waals surface area contributed by atoms with Crippen molar-refractivity contribution in [2.75, 3.05) is 46.9 Å². The molecule has 2 aliphatic rings. The van der Waals surface area contributed by atoms with Crippen LogP contribution in [0.4, 0.5) is 0 Å². The third kappa shape index (κ3) is 4.02. The van der Waals surface area contributed by atoms with E-state index in [4.69, 9.17) is 4.74 Å². The minimum Gasteiger partial charge on any atom is -0.381 e. The predicted octanol–water partition coefficient (Wildman–Crippen LogP) is 1.29. The lowest BCUT2D eigenvalue weighted by Crippen LogP contribution is -2.51. The van der Waals surface area contributed by atoms with Crippen molar-refractivity contribution in [2.24, 2.45) is 5.92 Å². The highest BCUT2D eigenvalue weighted by Gasteiger charge is 2.32. The number of rotatable bonds is 3. The second-order valence-corrected chi connectivity index (χ2v) is 6.87. The average molecular weight is 345 g/mol. The Bertz CT molecular complexity index is 628. The fourth-order valence-corrected chi connectivity index (χ4v) is 3.67. The molecule has 1 aromatic carbocycles. The Kier molecular flexibility index (Phi) is 5.71. The van der Waals surface area contributed by atoms with Crippen LogP contribution in [-0.2, 0) is 9.53 Å². The highest BCUT2D eigenvalue weighted by molar-refractivity contribution is 5.94. The van der Waals surface area contributed by atoms with Gasteiger partial charge < -0.3 is 15.0 Å². The van der Waals surface area contributed by atoms with Gasteiger partial charge in [-0.15, -0.1) is 0 Å². The van der Waals surface area contributed by atoms with E-state index in [1.165, 1.54) is 0 Å². The molecular weight excluding hydrogens is 318 g/mol. The van der Waals surface area contributed by atoms with Crippen LogP contribution in [0.3, 0.4) is 0 Å². The number of nitrogens with one attached hydrogen (secondary N) is 1. The second-order valence-electron chi connectivity index (χ2n) is 6.87. The fraction of sp³-hybridized carbons (Fsp3) is 0.579. The molecule has 2 heterocycles. The monoisotopic (exact) mass is 345 g/mol. The number of hydrogen-bond acceptors (Lipinski definition) is 4. The molecule has 2 saturated heterocycles. The Morgan fingerprint density at radius 2 is 1.96 bits per heavy atom. The smallest absolute Gasteiger partial charge is 0.251 e. The summed E-state index contributed by atoms with van der Waals surface area (Å²) in [5.74, 6) is 0.259. The van der Waals surface area contributed by atoms with Crippen LogP contribution in [0.5, 0.6) is 0 Å². The standard InChI is InChI=1S/C19H27N3O3/c1-20-18(23)16-5-3-4-15(12-16)17-13-22(9-8-21(17)2)19(24)14-6-10-25-11-7-14/h3-5,12,14,17H,6-11,13H2,1-2H3,(H,20,23)/t17-/m1/s1. The first-order valence-electron chi connectivity index (χ1n) is 8.99. The van der Waals surface area contributed by atoms with Gasteiger partial charge in [-0.25, -0.2) is 0 Å². The van der Waals surface area contributed by atoms with Crippen LogP contribution in [0.2, 0.25) is 0 Å². The van der Waals surface area contributed by atoms with E-state index in [1.54, 1.807) is 7.05 Å². The molecule has 2 aliphatic heterocycles. The number of likely N-dealkylation sites (N-methyl/N-ethyl adjacent to an activating group) is 1. The molecule has 6 nitrogen and oxygen atoms in total. The molecule has 0 aromatic heterocycles. The topological polar surface area (TPSA) is 61.9 Å². The lowest BCUT2D eigenvalue weighted by atomic mass is 9.96. The highest BCUT2D eigenvalue weighted by Crippen LogP contribution is 2.27. The zero-order valence-electron chi connectivity index (χ0n) is 15.0. The van der Waals surface area contributed by atoms with Crippen LogP contribution in [0.1, 0.15) is 34.8 Å². The van der Waals surface area contributed by atoms with E-state index in [2.05, 4.69) is 17.3 Å². The normalized spacial score (nSPS) is 22.6. The summed E-state index contributed by atoms with van der Waals surface area (Å²) in [7, 11) is 3.71. The SMILES string of the molecule is CNC(=O)c1cccc([C@H]2CN(C(=O)C3CCOCC3)CCN2C)c1. The van der Waals surface area contributed by atoms with Crippen molar-refractivity contribution in [1.82, 2.24) is 15.1 Å². The number of benzene rings is 1. The summed E-state index contributed by atoms with van der Waals surface area (Å²) < 4.78 is 5.37. The highest BCUT2D eigenvalue weighted by atomic mass is 16.5. The molecule has 25 heavy (non-hydrogen) atoms. The number of piperazine rings is 1. The van der Waals surface area contributed by atoms with Crippen molar-refractivity contribution in [3.05, 3.63) is 35.4 Å². The number of nitrogens with zero attached hydrogens (tertiary/aromatic N) is 2. The molecule has 0 unspecified atom stereocenters. The Balaban J connectivity index is 1.74. The summed E-state index contributed by atoms with van der Waals surface area (Å²) in [6.07, 6.45) is 1.64. The largest absolute Gasteiger partial charge is 0.381 e. The maximum Gasteiger partial charge on any atom is 0.251 e. The lowest BCUT2D eigenvalue weighted by molar-refractivity contribution is -0.141. The average Bonchev–Trinajstić information content (AvgIpc) is 2.68. The number of ether oxygens (including phenoxy) is 1. The molecule has 136 valence electrons. The van der Waals surface area contributed by atoms with E-state index < -0.39 is 0 Å². The van der Waals surface area contributed by atoms with Crippen LogP contribution >= 0.6 is 0 Å². The van der Waals surface area contributed by atoms with Gasteiger partial charge in [-0.1, -0.05) is 12.1 Å². The van der Waals surface area contributed by atoms with Gasteiger partial charge in [0.1, 0.15) is 0 Å². The van der Waals surface area contributed by atoms with Gasteiger partial charge >= 0.3 is 0 Å². The van der Waals surface area contributed by atoms with E-state index in [-0.39, 0.29) is 23.8 Å². The minimum absolute atomic E-state index is 0.0875. The maximum atomic E-state index is 12.8. The van der Waals surface area contributed by atoms with Crippen LogP contribution < -0.4 is 5.32 Å². The van der Waals surface area contributed by atoms with E-state index in [9.17, 15) is 9.59 Å². The molecule has 0 radical (unpaired) electrons. The van der Waals surface area contributed by atoms with Crippen LogP contribution in [0, 0.1) is 5.92 Å². The lowest BCUT2D eigenvalue weighted by Gasteiger charge is -2.41. The molecule has 1 N–H and O–H groups in total. The summed E-state index contributed by atoms with van der Waals surface area (Å²) in [5, 5.41) is 2.66. The Labute approximate surface area is 149 Å². The summed E-state index contributed by atoms with van der Waals surface area (Å²) in [6, 6.07) is 7.81. The predicted molar refractivity (Wildman–Crippen MR) is 95.3 cm³/mol. The van der Waals surface area contributed by atoms with E-state index in [0.29, 0.717) is 25.3 Å². The van der Waals surface area contributed by atoms with Gasteiger partial charge in [0, 0.05) is 51.4 Å². The number of carbonyl (C=O) groups is 2. The Hall–Kier alpha value is -1.92. The van der Waals surface area contributed by atoms with E-state index >= 15 is 0 Å². The van der Waals surface area contributed by atoms with Crippen molar-refractivity contribution < 1.29 is 14.3 Å². The molecule has 2 fully saturated rings. The van der Waals surface area contributed by atoms with Gasteiger partial charge in [0.25, 0.3) is 5.91 Å². The molecule has 1 atom stereocenters. The van der Waals surface area contributed by atoms with Gasteiger partial charge in [-0.2, -0.15) is 0 Å². The van der Waals surface area contributed by atoms with Gasteiger partial charge in [-0.3, -0.25) is 14.5 Å². The number of amides is 2. The van der Waals surface area contributed by atoms with Crippen molar-refractivity contribution >= 4 is 11.8 Å². The first-order valence-corrected chi connectivity index (χ1v) is 8.99. The first-order chi connectivity index (χ1) is 12.1. The molecule has 0 saturated carbocycles. The Morgan fingerprint density at radius 3 is 2.68 bits per heavy atom. The first kappa shape index (κ1) is 17.9. The molecule has 0 aliphatic carbocycles. The van der Waals surface area contributed by atoms with Gasteiger partial charge in [0.05, 0.1) is 6.04 Å². The quantitative estimate of drug-likeness (QED) is 0.897. The van der Waals surface area contributed by atoms with Crippen LogP contribution in [0.25, 0.3) is 0 Å². The van der Waals surface area contributed by atoms with Crippen molar-refractivity contribution in [1.29, 1.82) is 0 Å². The van der Waals surface area contributed by atoms with Gasteiger partial charge in [0.2, 0.25) is 5.91 Å². The molecule has 2 amide bonds. The van der Waals surface area contributed by atoms with Crippen LogP contribution in [-0.4, -0.2) is 68.6 Å². The van der Waals surface area contributed by atoms with Crippen molar-refractivity contribution in [3.8, 4) is 0 Å². The number of hydrogen-bond donors (Lipinski definition) is 1. The molecule has 6 heteroatoms. The molecule has 3 rings (SSSR count). The summed E-state index contributed by atoms with van der Waals surface area (Å²) in [5.41, 5.74) is 1.73. The minimum atomic E-state index is -0.0875. The maximum absolute atomic E-state index is 12.8. The second kappa shape index (κ2) is 7.97. The van der Waals surface area contributed by atoms with Gasteiger partial charge in [0.15, 0.2) is 0 Å². The fourth-order valence-electron chi connectivity index (χ4n) is 3.67. The molecular formula is C19H27N3O3. The molecule has 1 aromatic rings. The van der Waals surface area contributed by atoms with Crippen molar-refractivity contribution in [3.63, 3.8) is 0 Å². The van der Waals surface area contributed by atoms with Crippen molar-refractivity contribution in [2.45, 2.75) is 18.9 Å². The third-order valence-corrected chi connectivity index (χ3v) is 5.29. The number of carbonyl (C=O) groups excluding carboxylic acids is 2. The van der Waals surface area contributed by atoms with Crippen LogP contribution in [0.15, 0.2) is 24.3 Å². The molecule has 0 bridgehead atoms. The summed E-state index contributed by atoms with van der Waals surface area (Å²) in [4.78, 5) is 29.0.